The summed E-state index contributed by atoms with van der Waals surface area (Å²) >= 11 is 0. The molecule has 4 nitrogen and oxygen atoms in total. The molecule has 186 valence electrons. The van der Waals surface area contributed by atoms with Gasteiger partial charge in [0.2, 0.25) is 0 Å². The summed E-state index contributed by atoms with van der Waals surface area (Å²) in [6, 6.07) is 10.4. The van der Waals surface area contributed by atoms with Crippen molar-refractivity contribution in [1.29, 1.82) is 0 Å². The van der Waals surface area contributed by atoms with Crippen LogP contribution in [-0.2, 0) is 13.1 Å². The average molecular weight is 465 g/mol. The lowest BCUT2D eigenvalue weighted by Crippen LogP contribution is -2.34. The minimum Gasteiger partial charge on any atom is -0.299 e. The van der Waals surface area contributed by atoms with Crippen molar-refractivity contribution in [2.75, 3.05) is 27.2 Å². The van der Waals surface area contributed by atoms with Gasteiger partial charge in [-0.05, 0) is 77.8 Å². The first-order valence-corrected chi connectivity index (χ1v) is 14.1. The van der Waals surface area contributed by atoms with Crippen LogP contribution in [-0.4, -0.2) is 37.0 Å². The van der Waals surface area contributed by atoms with E-state index in [1.54, 1.807) is 0 Å². The van der Waals surface area contributed by atoms with Crippen molar-refractivity contribution in [3.05, 3.63) is 60.2 Å². The van der Waals surface area contributed by atoms with Crippen molar-refractivity contribution in [3.63, 3.8) is 0 Å². The van der Waals surface area contributed by atoms with E-state index in [2.05, 4.69) is 82.1 Å². The molecule has 2 atom stereocenters. The maximum atomic E-state index is 2.50. The summed E-state index contributed by atoms with van der Waals surface area (Å²) in [6.45, 7) is 4.81. The monoisotopic (exact) mass is 464 g/mol. The van der Waals surface area contributed by atoms with Crippen molar-refractivity contribution in [1.82, 2.24) is 9.80 Å². The number of unbranched alkanes of at least 4 members (excludes halogenated alkanes) is 7. The van der Waals surface area contributed by atoms with Crippen LogP contribution in [0.25, 0.3) is 0 Å². The predicted molar refractivity (Wildman–Crippen MR) is 139 cm³/mol. The second-order valence-corrected chi connectivity index (χ2v) is 10.9. The Hall–Kier alpha value is -1.78. The van der Waals surface area contributed by atoms with Crippen molar-refractivity contribution in [2.45, 2.75) is 102 Å². The van der Waals surface area contributed by atoms with Crippen molar-refractivity contribution >= 4 is 0 Å². The molecule has 0 amide bonds. The third-order valence-electron chi connectivity index (χ3n) is 8.16. The summed E-state index contributed by atoms with van der Waals surface area (Å²) in [4.78, 5) is 5.01. The lowest BCUT2D eigenvalue weighted by Gasteiger charge is -2.18. The van der Waals surface area contributed by atoms with Crippen molar-refractivity contribution < 1.29 is 9.13 Å². The van der Waals surface area contributed by atoms with Crippen molar-refractivity contribution in [3.8, 4) is 0 Å². The highest BCUT2D eigenvalue weighted by atomic mass is 15.2. The van der Waals surface area contributed by atoms with E-state index < -0.39 is 0 Å². The lowest BCUT2D eigenvalue weighted by atomic mass is 10.1. The van der Waals surface area contributed by atoms with Crippen LogP contribution in [0.15, 0.2) is 49.1 Å². The van der Waals surface area contributed by atoms with Gasteiger partial charge >= 0.3 is 0 Å². The maximum absolute atomic E-state index is 2.50. The van der Waals surface area contributed by atoms with Gasteiger partial charge in [-0.2, -0.15) is 0 Å². The minimum absolute atomic E-state index is 0.629. The van der Waals surface area contributed by atoms with Gasteiger partial charge in [0.15, 0.2) is 24.8 Å². The normalized spacial score (nSPS) is 21.5. The summed E-state index contributed by atoms with van der Waals surface area (Å²) in [7, 11) is 4.53. The first-order chi connectivity index (χ1) is 16.7. The van der Waals surface area contributed by atoms with Crippen LogP contribution >= 0.6 is 0 Å². The Labute approximate surface area is 208 Å². The Balaban J connectivity index is 1.03. The van der Waals surface area contributed by atoms with Crippen LogP contribution in [0.4, 0.5) is 0 Å². The molecule has 0 aromatic carbocycles. The summed E-state index contributed by atoms with van der Waals surface area (Å²) in [5, 5.41) is 0. The van der Waals surface area contributed by atoms with Gasteiger partial charge in [-0.1, -0.05) is 25.7 Å². The topological polar surface area (TPSA) is 14.2 Å². The fraction of sp³-hybridized carbons (Fsp3) is 0.667. The highest BCUT2D eigenvalue weighted by Crippen LogP contribution is 2.30. The van der Waals surface area contributed by atoms with Gasteiger partial charge in [-0.15, -0.1) is 0 Å². The molecule has 0 unspecified atom stereocenters. The molecule has 0 saturated carbocycles. The van der Waals surface area contributed by atoms with Crippen LogP contribution in [0.1, 0.15) is 100 Å². The Bertz CT molecular complexity index is 795. The number of hydrogen-bond acceptors (Lipinski definition) is 2. The van der Waals surface area contributed by atoms with E-state index in [4.69, 9.17) is 0 Å². The molecule has 2 fully saturated rings. The number of aryl methyl sites for hydroxylation is 2. The highest BCUT2D eigenvalue weighted by Gasteiger charge is 2.25. The second-order valence-electron chi connectivity index (χ2n) is 10.9. The van der Waals surface area contributed by atoms with Gasteiger partial charge in [0, 0.05) is 48.2 Å². The number of aromatic nitrogens is 2. The Morgan fingerprint density at radius 3 is 1.44 bits per heavy atom. The lowest BCUT2D eigenvalue weighted by molar-refractivity contribution is -0.698. The average Bonchev–Trinajstić information content (AvgIpc) is 3.48. The molecule has 4 heterocycles. The Morgan fingerprint density at radius 1 is 0.647 bits per heavy atom. The molecule has 0 aliphatic carbocycles. The summed E-state index contributed by atoms with van der Waals surface area (Å²) in [5.41, 5.74) is 3.00. The maximum Gasteiger partial charge on any atom is 0.173 e. The molecular weight excluding hydrogens is 416 g/mol. The zero-order chi connectivity index (χ0) is 23.6. The van der Waals surface area contributed by atoms with E-state index in [0.717, 1.165) is 13.1 Å². The van der Waals surface area contributed by atoms with E-state index >= 15 is 0 Å². The molecule has 2 saturated heterocycles. The standard InChI is InChI=1S/C30H48N4/c1-31-19-13-17-29(31)27-15-11-23-33(25-27)21-9-7-5-3-4-6-8-10-22-34-24-12-16-28(26-34)30-18-14-20-32(30)2/h11-12,15-16,23-26,29-30H,3-10,13-14,17-22H2,1-2H3/q+2/t29-,30-/m0/s1. The summed E-state index contributed by atoms with van der Waals surface area (Å²) < 4.78 is 4.83. The molecule has 2 aliphatic rings. The molecule has 0 spiro atoms. The van der Waals surface area contributed by atoms with Gasteiger partial charge in [0.25, 0.3) is 0 Å². The fourth-order valence-corrected chi connectivity index (χ4v) is 6.07. The number of rotatable bonds is 13. The molecular formula is C30H48N4+2. The van der Waals surface area contributed by atoms with E-state index in [9.17, 15) is 0 Å². The molecule has 0 bridgehead atoms. The number of nitrogens with zero attached hydrogens (tertiary/aromatic N) is 4. The Kier molecular flexibility index (Phi) is 9.94. The quantitative estimate of drug-likeness (QED) is 0.282. The van der Waals surface area contributed by atoms with Gasteiger partial charge in [-0.25, -0.2) is 9.13 Å². The molecule has 0 N–H and O–H groups in total. The van der Waals surface area contributed by atoms with E-state index in [1.807, 2.05) is 0 Å². The number of pyridine rings is 2. The van der Waals surface area contributed by atoms with E-state index in [1.165, 1.54) is 101 Å². The van der Waals surface area contributed by atoms with Crippen molar-refractivity contribution in [2.24, 2.45) is 0 Å². The first kappa shape index (κ1) is 25.3. The highest BCUT2D eigenvalue weighted by molar-refractivity contribution is 5.13. The molecule has 2 aliphatic heterocycles. The van der Waals surface area contributed by atoms with Crippen LogP contribution in [0.3, 0.4) is 0 Å². The zero-order valence-electron chi connectivity index (χ0n) is 21.9. The largest absolute Gasteiger partial charge is 0.299 e. The smallest absolute Gasteiger partial charge is 0.173 e. The van der Waals surface area contributed by atoms with Gasteiger partial charge < -0.3 is 0 Å². The minimum atomic E-state index is 0.629. The third-order valence-corrected chi connectivity index (χ3v) is 8.16. The third kappa shape index (κ3) is 7.36. The molecule has 2 aromatic rings. The van der Waals surface area contributed by atoms with Crippen LogP contribution in [0, 0.1) is 0 Å². The number of likely N-dealkylation sites (tertiary alicyclic amines) is 2. The van der Waals surface area contributed by atoms with E-state index in [-0.39, 0.29) is 0 Å². The second kappa shape index (κ2) is 13.3. The SMILES string of the molecule is CN1CCC[C@H]1c1ccc[n+](CCCCCCCCCC[n+]2cccc([C@@H]3CCCN3C)c2)c1. The van der Waals surface area contributed by atoms with Gasteiger partial charge in [0.1, 0.15) is 13.1 Å². The van der Waals surface area contributed by atoms with Crippen LogP contribution in [0.5, 0.6) is 0 Å². The molecule has 4 rings (SSSR count). The van der Waals surface area contributed by atoms with Crippen LogP contribution < -0.4 is 9.13 Å². The molecule has 4 heteroatoms. The van der Waals surface area contributed by atoms with Gasteiger partial charge in [-0.3, -0.25) is 9.80 Å². The summed E-state index contributed by atoms with van der Waals surface area (Å²) in [6.07, 6.45) is 25.5. The first-order valence-electron chi connectivity index (χ1n) is 14.1. The Morgan fingerprint density at radius 2 is 1.06 bits per heavy atom. The number of hydrogen-bond donors (Lipinski definition) is 0. The molecule has 34 heavy (non-hydrogen) atoms. The van der Waals surface area contributed by atoms with E-state index in [0.29, 0.717) is 12.1 Å². The fourth-order valence-electron chi connectivity index (χ4n) is 6.07. The molecule has 2 aromatic heterocycles. The summed E-state index contributed by atoms with van der Waals surface area (Å²) in [5.74, 6) is 0. The molecule has 0 radical (unpaired) electrons. The predicted octanol–water partition coefficient (Wildman–Crippen LogP) is 5.62. The zero-order valence-corrected chi connectivity index (χ0v) is 21.9. The van der Waals surface area contributed by atoms with Crippen LogP contribution in [0.2, 0.25) is 0 Å². The van der Waals surface area contributed by atoms with Gasteiger partial charge in [0.05, 0.1) is 0 Å².